The molecule has 0 radical (unpaired) electrons. The summed E-state index contributed by atoms with van der Waals surface area (Å²) in [7, 11) is 0. The summed E-state index contributed by atoms with van der Waals surface area (Å²) >= 11 is 0. The van der Waals surface area contributed by atoms with E-state index in [4.69, 9.17) is 5.11 Å². The summed E-state index contributed by atoms with van der Waals surface area (Å²) < 4.78 is 14.2. The van der Waals surface area contributed by atoms with Crippen LogP contribution in [0.25, 0.3) is 0 Å². The fourth-order valence-electron chi connectivity index (χ4n) is 2.35. The molecule has 1 aliphatic rings. The Morgan fingerprint density at radius 2 is 2.00 bits per heavy atom. The van der Waals surface area contributed by atoms with Crippen LogP contribution in [0, 0.1) is 5.82 Å². The van der Waals surface area contributed by atoms with E-state index >= 15 is 0 Å². The molecule has 1 fully saturated rings. The monoisotopic (exact) mass is 268 g/mol. The summed E-state index contributed by atoms with van der Waals surface area (Å²) in [5, 5.41) is 9.15. The molecule has 1 saturated heterocycles. The smallest absolute Gasteiger partial charge is 0.187 e. The number of aryl methyl sites for hydroxylation is 1. The molecule has 1 atom stereocenters. The average Bonchev–Trinajstić information content (AvgIpc) is 2.47. The lowest BCUT2D eigenvalue weighted by Gasteiger charge is -2.38. The largest absolute Gasteiger partial charge is 0.395 e. The van der Waals surface area contributed by atoms with E-state index in [1.54, 1.807) is 0 Å². The highest BCUT2D eigenvalue weighted by Crippen LogP contribution is 2.20. The Bertz CT molecular complexity index is 421. The van der Waals surface area contributed by atoms with E-state index in [0.29, 0.717) is 17.9 Å². The number of rotatable bonds is 4. The van der Waals surface area contributed by atoms with Crippen molar-refractivity contribution in [1.82, 2.24) is 14.9 Å². The first-order valence-electron chi connectivity index (χ1n) is 6.76. The quantitative estimate of drug-likeness (QED) is 0.870. The number of aromatic nitrogens is 2. The van der Waals surface area contributed by atoms with E-state index < -0.39 is 0 Å². The molecule has 5 nitrogen and oxygen atoms in total. The highest BCUT2D eigenvalue weighted by Gasteiger charge is 2.24. The van der Waals surface area contributed by atoms with Crippen molar-refractivity contribution >= 4 is 5.82 Å². The summed E-state index contributed by atoms with van der Waals surface area (Å²) in [6.07, 6.45) is 2.00. The predicted molar refractivity (Wildman–Crippen MR) is 71.7 cm³/mol. The van der Waals surface area contributed by atoms with Gasteiger partial charge in [-0.25, -0.2) is 14.4 Å². The molecule has 1 aliphatic heterocycles. The van der Waals surface area contributed by atoms with Gasteiger partial charge in [0.15, 0.2) is 11.6 Å². The third kappa shape index (κ3) is 3.01. The molecule has 2 heterocycles. The van der Waals surface area contributed by atoms with Crippen molar-refractivity contribution in [1.29, 1.82) is 0 Å². The third-order valence-electron chi connectivity index (χ3n) is 3.68. The number of aliphatic hydroxyl groups is 1. The molecule has 6 heteroatoms. The second-order valence-corrected chi connectivity index (χ2v) is 4.87. The Morgan fingerprint density at radius 1 is 1.32 bits per heavy atom. The molecule has 0 saturated carbocycles. The molecule has 0 spiro atoms. The number of halogens is 1. The number of nitrogens with zero attached hydrogens (tertiary/aromatic N) is 4. The van der Waals surface area contributed by atoms with E-state index in [2.05, 4.69) is 14.9 Å². The minimum absolute atomic E-state index is 0.155. The maximum absolute atomic E-state index is 14.2. The first-order valence-corrected chi connectivity index (χ1v) is 6.76. The van der Waals surface area contributed by atoms with Gasteiger partial charge in [-0.05, 0) is 13.3 Å². The van der Waals surface area contributed by atoms with Crippen LogP contribution in [0.1, 0.15) is 19.5 Å². The van der Waals surface area contributed by atoms with Gasteiger partial charge in [-0.3, -0.25) is 4.90 Å². The van der Waals surface area contributed by atoms with Gasteiger partial charge >= 0.3 is 0 Å². The molecule has 0 aliphatic carbocycles. The molecule has 2 rings (SSSR count). The van der Waals surface area contributed by atoms with Gasteiger partial charge in [-0.2, -0.15) is 0 Å². The van der Waals surface area contributed by atoms with E-state index in [9.17, 15) is 4.39 Å². The maximum atomic E-state index is 14.2. The number of piperazine rings is 1. The summed E-state index contributed by atoms with van der Waals surface area (Å²) in [5.74, 6) is 0.108. The van der Waals surface area contributed by atoms with Crippen molar-refractivity contribution in [3.8, 4) is 0 Å². The van der Waals surface area contributed by atoms with Gasteiger partial charge in [0.05, 0.1) is 12.3 Å². The molecule has 1 N–H and O–H groups in total. The number of anilines is 1. The summed E-state index contributed by atoms with van der Waals surface area (Å²) in [6.45, 7) is 7.11. The molecular formula is C13H21FN4O. The SMILES string of the molecule is CCc1ncnc(N2CCN([C@H](C)CO)CC2)c1F. The van der Waals surface area contributed by atoms with Crippen molar-refractivity contribution in [2.75, 3.05) is 37.7 Å². The van der Waals surface area contributed by atoms with Crippen LogP contribution >= 0.6 is 0 Å². The van der Waals surface area contributed by atoms with E-state index in [0.717, 1.165) is 26.2 Å². The number of hydrogen-bond acceptors (Lipinski definition) is 5. The van der Waals surface area contributed by atoms with Gasteiger partial charge in [-0.15, -0.1) is 0 Å². The third-order valence-corrected chi connectivity index (χ3v) is 3.68. The van der Waals surface area contributed by atoms with Gasteiger partial charge in [-0.1, -0.05) is 6.92 Å². The van der Waals surface area contributed by atoms with Gasteiger partial charge in [0.2, 0.25) is 0 Å². The van der Waals surface area contributed by atoms with Crippen molar-refractivity contribution in [3.05, 3.63) is 17.8 Å². The first kappa shape index (κ1) is 14.1. The highest BCUT2D eigenvalue weighted by atomic mass is 19.1. The summed E-state index contributed by atoms with van der Waals surface area (Å²) in [4.78, 5) is 12.2. The van der Waals surface area contributed by atoms with Crippen molar-refractivity contribution in [2.24, 2.45) is 0 Å². The fourth-order valence-corrected chi connectivity index (χ4v) is 2.35. The van der Waals surface area contributed by atoms with Gasteiger partial charge < -0.3 is 10.0 Å². The lowest BCUT2D eigenvalue weighted by atomic mass is 10.2. The Hall–Kier alpha value is -1.27. The van der Waals surface area contributed by atoms with Crippen LogP contribution in [-0.4, -0.2) is 58.8 Å². The van der Waals surface area contributed by atoms with Crippen molar-refractivity contribution < 1.29 is 9.50 Å². The number of aliphatic hydroxyl groups excluding tert-OH is 1. The van der Waals surface area contributed by atoms with Crippen molar-refractivity contribution in [3.63, 3.8) is 0 Å². The van der Waals surface area contributed by atoms with Gasteiger partial charge in [0.1, 0.15) is 6.33 Å². The normalized spacial score (nSPS) is 18.6. The Morgan fingerprint density at radius 3 is 2.58 bits per heavy atom. The van der Waals surface area contributed by atoms with Crippen LogP contribution in [0.2, 0.25) is 0 Å². The molecule has 106 valence electrons. The van der Waals surface area contributed by atoms with Crippen LogP contribution in [-0.2, 0) is 6.42 Å². The molecule has 19 heavy (non-hydrogen) atoms. The van der Waals surface area contributed by atoms with E-state index in [1.807, 2.05) is 18.7 Å². The molecule has 0 aromatic carbocycles. The highest BCUT2D eigenvalue weighted by molar-refractivity contribution is 5.41. The van der Waals surface area contributed by atoms with Crippen LogP contribution < -0.4 is 4.90 Å². The molecule has 0 bridgehead atoms. The molecule has 1 aromatic rings. The second-order valence-electron chi connectivity index (χ2n) is 4.87. The maximum Gasteiger partial charge on any atom is 0.187 e. The van der Waals surface area contributed by atoms with Crippen LogP contribution in [0.5, 0.6) is 0 Å². The molecule has 0 amide bonds. The van der Waals surface area contributed by atoms with Crippen LogP contribution in [0.3, 0.4) is 0 Å². The van der Waals surface area contributed by atoms with Crippen LogP contribution in [0.15, 0.2) is 6.33 Å². The fraction of sp³-hybridized carbons (Fsp3) is 0.692. The Balaban J connectivity index is 2.06. The van der Waals surface area contributed by atoms with E-state index in [-0.39, 0.29) is 18.5 Å². The van der Waals surface area contributed by atoms with Crippen molar-refractivity contribution in [2.45, 2.75) is 26.3 Å². The molecule has 0 unspecified atom stereocenters. The minimum atomic E-state index is -0.298. The zero-order valence-electron chi connectivity index (χ0n) is 11.5. The summed E-state index contributed by atoms with van der Waals surface area (Å²) in [5.41, 5.74) is 0.469. The lowest BCUT2D eigenvalue weighted by molar-refractivity contribution is 0.128. The molecule has 1 aromatic heterocycles. The van der Waals surface area contributed by atoms with Gasteiger partial charge in [0.25, 0.3) is 0 Å². The number of hydrogen-bond donors (Lipinski definition) is 1. The first-order chi connectivity index (χ1) is 9.17. The predicted octanol–water partition coefficient (Wildman–Crippen LogP) is 0.681. The Kier molecular flexibility index (Phi) is 4.66. The van der Waals surface area contributed by atoms with Gasteiger partial charge in [0, 0.05) is 32.2 Å². The Labute approximate surface area is 113 Å². The zero-order valence-corrected chi connectivity index (χ0v) is 11.5. The standard InChI is InChI=1S/C13H21FN4O/c1-3-11-12(14)13(16-9-15-11)18-6-4-17(5-7-18)10(2)8-19/h9-10,19H,3-8H2,1-2H3/t10-/m1/s1. The zero-order chi connectivity index (χ0) is 13.8. The second kappa shape index (κ2) is 6.25. The topological polar surface area (TPSA) is 52.5 Å². The summed E-state index contributed by atoms with van der Waals surface area (Å²) in [6, 6.07) is 0.156. The minimum Gasteiger partial charge on any atom is -0.395 e. The lowest BCUT2D eigenvalue weighted by Crippen LogP contribution is -2.51. The van der Waals surface area contributed by atoms with Crippen LogP contribution in [0.4, 0.5) is 10.2 Å². The average molecular weight is 268 g/mol. The van der Waals surface area contributed by atoms with E-state index in [1.165, 1.54) is 6.33 Å². The molecular weight excluding hydrogens is 247 g/mol.